The third-order valence-electron chi connectivity index (χ3n) is 5.09. The van der Waals surface area contributed by atoms with E-state index in [1.165, 1.54) is 23.5 Å². The summed E-state index contributed by atoms with van der Waals surface area (Å²) in [5, 5.41) is 2.68. The van der Waals surface area contributed by atoms with Gasteiger partial charge >= 0.3 is 6.03 Å². The van der Waals surface area contributed by atoms with Crippen LogP contribution in [0.3, 0.4) is 0 Å². The average Bonchev–Trinajstić information content (AvgIpc) is 3.43. The molecule has 2 heterocycles. The van der Waals surface area contributed by atoms with Crippen molar-refractivity contribution in [3.63, 3.8) is 0 Å². The van der Waals surface area contributed by atoms with Crippen molar-refractivity contribution in [2.24, 2.45) is 7.05 Å². The number of imidazole rings is 1. The van der Waals surface area contributed by atoms with Gasteiger partial charge in [0.15, 0.2) is 0 Å². The predicted molar refractivity (Wildman–Crippen MR) is 120 cm³/mol. The number of sulfonamides is 1. The van der Waals surface area contributed by atoms with Crippen molar-refractivity contribution >= 4 is 44.7 Å². The van der Waals surface area contributed by atoms with Gasteiger partial charge in [-0.3, -0.25) is 4.72 Å². The molecule has 2 amide bonds. The minimum absolute atomic E-state index is 0.122. The van der Waals surface area contributed by atoms with Crippen molar-refractivity contribution in [1.29, 1.82) is 0 Å². The van der Waals surface area contributed by atoms with E-state index in [0.717, 1.165) is 40.7 Å². The molecule has 0 atom stereocenters. The van der Waals surface area contributed by atoms with E-state index >= 15 is 0 Å². The summed E-state index contributed by atoms with van der Waals surface area (Å²) >= 11 is 1.13. The highest BCUT2D eigenvalue weighted by atomic mass is 32.2. The van der Waals surface area contributed by atoms with Crippen LogP contribution in [0.4, 0.5) is 10.5 Å². The summed E-state index contributed by atoms with van der Waals surface area (Å²) in [5.41, 5.74) is 2.01. The minimum atomic E-state index is -3.61. The number of carbonyl (C=O) groups excluding carboxylic acids is 1. The van der Waals surface area contributed by atoms with E-state index in [0.29, 0.717) is 18.8 Å². The molecule has 9 nitrogen and oxygen atoms in total. The van der Waals surface area contributed by atoms with Crippen molar-refractivity contribution < 1.29 is 17.9 Å². The normalized spacial score (nSPS) is 14.6. The lowest BCUT2D eigenvalue weighted by Crippen LogP contribution is -2.28. The van der Waals surface area contributed by atoms with Crippen LogP contribution in [0.5, 0.6) is 5.75 Å². The number of rotatable bonds is 6. The zero-order chi connectivity index (χ0) is 22.0. The lowest BCUT2D eigenvalue weighted by atomic mass is 10.3. The zero-order valence-corrected chi connectivity index (χ0v) is 18.8. The summed E-state index contributed by atoms with van der Waals surface area (Å²) in [6.07, 6.45) is 3.41. The van der Waals surface area contributed by atoms with Crippen LogP contribution in [-0.4, -0.2) is 48.5 Å². The third kappa shape index (κ3) is 4.34. The highest BCUT2D eigenvalue weighted by Gasteiger charge is 2.28. The second-order valence-corrected chi connectivity index (χ2v) is 9.90. The first kappa shape index (κ1) is 21.5. The maximum absolute atomic E-state index is 12.9. The van der Waals surface area contributed by atoms with E-state index in [-0.39, 0.29) is 10.6 Å². The third-order valence-corrected chi connectivity index (χ3v) is 7.82. The molecule has 0 bridgehead atoms. The van der Waals surface area contributed by atoms with Gasteiger partial charge < -0.3 is 14.6 Å². The molecule has 1 aromatic heterocycles. The number of anilines is 1. The fraction of sp³-hybridized carbons (Fsp3) is 0.300. The van der Waals surface area contributed by atoms with Gasteiger partial charge in [-0.1, -0.05) is 6.07 Å². The van der Waals surface area contributed by atoms with Crippen LogP contribution in [0, 0.1) is 0 Å². The monoisotopic (exact) mass is 461 g/mol. The van der Waals surface area contributed by atoms with Crippen LogP contribution in [0.15, 0.2) is 52.5 Å². The highest BCUT2D eigenvalue weighted by Crippen LogP contribution is 2.30. The number of aromatic nitrogens is 2. The Balaban J connectivity index is 1.50. The van der Waals surface area contributed by atoms with E-state index in [1.807, 2.05) is 29.8 Å². The maximum Gasteiger partial charge on any atom is 0.329 e. The molecule has 1 aliphatic heterocycles. The summed E-state index contributed by atoms with van der Waals surface area (Å²) in [5.74, 6) is 0.368. The second kappa shape index (κ2) is 8.77. The minimum Gasteiger partial charge on any atom is -0.495 e. The van der Waals surface area contributed by atoms with Crippen LogP contribution in [0.1, 0.15) is 12.8 Å². The molecule has 164 valence electrons. The highest BCUT2D eigenvalue weighted by molar-refractivity contribution is 7.98. The maximum atomic E-state index is 12.9. The van der Waals surface area contributed by atoms with Gasteiger partial charge in [-0.25, -0.2) is 18.2 Å². The van der Waals surface area contributed by atoms with E-state index < -0.39 is 16.1 Å². The molecule has 0 aliphatic carbocycles. The van der Waals surface area contributed by atoms with Crippen LogP contribution >= 0.6 is 11.9 Å². The molecule has 3 aromatic rings. The molecule has 0 unspecified atom stereocenters. The first-order chi connectivity index (χ1) is 14.9. The SMILES string of the molecule is COc1ccc(S(=O)(=O)N2CCCC2)cc1NC(=O)NSc1cccc2c1ncn2C. The van der Waals surface area contributed by atoms with Gasteiger partial charge in [-0.2, -0.15) is 4.31 Å². The molecule has 0 saturated carbocycles. The average molecular weight is 462 g/mol. The molecule has 31 heavy (non-hydrogen) atoms. The van der Waals surface area contributed by atoms with E-state index in [2.05, 4.69) is 15.0 Å². The quantitative estimate of drug-likeness (QED) is 0.546. The largest absolute Gasteiger partial charge is 0.495 e. The molecule has 0 radical (unpaired) electrons. The molecule has 1 saturated heterocycles. The van der Waals surface area contributed by atoms with Crippen molar-refractivity contribution in [3.8, 4) is 5.75 Å². The fourth-order valence-corrected chi connectivity index (χ4v) is 5.68. The van der Waals surface area contributed by atoms with Crippen LogP contribution < -0.4 is 14.8 Å². The topological polar surface area (TPSA) is 106 Å². The summed E-state index contributed by atoms with van der Waals surface area (Å²) in [6, 6.07) is 9.66. The molecule has 0 spiro atoms. The first-order valence-electron chi connectivity index (χ1n) is 9.72. The smallest absolute Gasteiger partial charge is 0.329 e. The Bertz CT molecular complexity index is 1220. The molecular weight excluding hydrogens is 438 g/mol. The lowest BCUT2D eigenvalue weighted by molar-refractivity contribution is 0.257. The number of ether oxygens (including phenoxy) is 1. The number of amides is 2. The molecule has 1 fully saturated rings. The number of methoxy groups -OCH3 is 1. The van der Waals surface area contributed by atoms with Crippen molar-refractivity contribution in [2.75, 3.05) is 25.5 Å². The van der Waals surface area contributed by atoms with Gasteiger partial charge in [-0.05, 0) is 55.1 Å². The Kier molecular flexibility index (Phi) is 6.08. The van der Waals surface area contributed by atoms with Gasteiger partial charge in [0.05, 0.1) is 34.4 Å². The van der Waals surface area contributed by atoms with E-state index in [1.54, 1.807) is 12.4 Å². The van der Waals surface area contributed by atoms with Crippen LogP contribution in [0.25, 0.3) is 11.0 Å². The predicted octanol–water partition coefficient (Wildman–Crippen LogP) is 3.20. The van der Waals surface area contributed by atoms with E-state index in [4.69, 9.17) is 4.74 Å². The standard InChI is InChI=1S/C20H23N5O4S2/c1-24-13-21-19-16(24)6-5-7-18(19)30-23-20(26)22-15-12-14(8-9-17(15)29-2)31(27,28)25-10-3-4-11-25/h5-9,12-13H,3-4,10-11H2,1-2H3,(H2,22,23,26). The Hall–Kier alpha value is -2.76. The Morgan fingerprint density at radius 1 is 1.19 bits per heavy atom. The van der Waals surface area contributed by atoms with E-state index in [9.17, 15) is 13.2 Å². The number of aryl methyl sites for hydroxylation is 1. The van der Waals surface area contributed by atoms with Gasteiger partial charge in [0.1, 0.15) is 11.3 Å². The van der Waals surface area contributed by atoms with Gasteiger partial charge in [-0.15, -0.1) is 0 Å². The summed E-state index contributed by atoms with van der Waals surface area (Å²) in [4.78, 5) is 17.8. The number of hydrogen-bond donors (Lipinski definition) is 2. The number of carbonyl (C=O) groups is 1. The van der Waals surface area contributed by atoms with Gasteiger partial charge in [0.25, 0.3) is 0 Å². The second-order valence-electron chi connectivity index (χ2n) is 7.11. The number of para-hydroxylation sites is 1. The summed E-state index contributed by atoms with van der Waals surface area (Å²) in [6.45, 7) is 1.01. The molecule has 2 aromatic carbocycles. The molecular formula is C20H23N5O4S2. The van der Waals surface area contributed by atoms with Crippen LogP contribution in [-0.2, 0) is 17.1 Å². The molecule has 11 heteroatoms. The Labute approximate surface area is 185 Å². The number of urea groups is 1. The first-order valence-corrected chi connectivity index (χ1v) is 12.0. The number of benzene rings is 2. The summed E-state index contributed by atoms with van der Waals surface area (Å²) in [7, 11) is -0.245. The van der Waals surface area contributed by atoms with Gasteiger partial charge in [0, 0.05) is 20.1 Å². The fourth-order valence-electron chi connectivity index (χ4n) is 3.49. The molecule has 2 N–H and O–H groups in total. The zero-order valence-electron chi connectivity index (χ0n) is 17.2. The number of hydrogen-bond acceptors (Lipinski definition) is 6. The Morgan fingerprint density at radius 3 is 2.71 bits per heavy atom. The molecule has 4 rings (SSSR count). The van der Waals surface area contributed by atoms with Gasteiger partial charge in [0.2, 0.25) is 10.0 Å². The lowest BCUT2D eigenvalue weighted by Gasteiger charge is -2.17. The Morgan fingerprint density at radius 2 is 1.97 bits per heavy atom. The number of nitrogens with zero attached hydrogens (tertiary/aromatic N) is 3. The van der Waals surface area contributed by atoms with Crippen LogP contribution in [0.2, 0.25) is 0 Å². The summed E-state index contributed by atoms with van der Waals surface area (Å²) < 4.78 is 37.1. The van der Waals surface area contributed by atoms with Crippen molar-refractivity contribution in [1.82, 2.24) is 18.6 Å². The van der Waals surface area contributed by atoms with Crippen molar-refractivity contribution in [2.45, 2.75) is 22.6 Å². The number of nitrogens with one attached hydrogen (secondary N) is 2. The van der Waals surface area contributed by atoms with Crippen molar-refractivity contribution in [3.05, 3.63) is 42.7 Å². The molecule has 1 aliphatic rings. The number of fused-ring (bicyclic) bond motifs is 1.